The zero-order valence-electron chi connectivity index (χ0n) is 17.2. The van der Waals surface area contributed by atoms with Crippen LogP contribution in [0.1, 0.15) is 13.8 Å². The number of tetrazole rings is 1. The molecule has 0 fully saturated rings. The van der Waals surface area contributed by atoms with Gasteiger partial charge < -0.3 is 16.0 Å². The Bertz CT molecular complexity index is 1230. The second-order valence-electron chi connectivity index (χ2n) is 6.30. The fraction of sp³-hybridized carbons (Fsp3) is 0.294. The van der Waals surface area contributed by atoms with Crippen molar-refractivity contribution < 1.29 is 9.18 Å². The van der Waals surface area contributed by atoms with Gasteiger partial charge in [0.2, 0.25) is 17.8 Å². The SMILES string of the molecule is CCNc1nc(NCC)n2c(SCC(=O)Nc3cc(-n4cnnn4)ccc3F)nnc2n1. The monoisotopic (exact) mass is 458 g/mol. The molecule has 0 aliphatic heterocycles. The fourth-order valence-electron chi connectivity index (χ4n) is 2.75. The van der Waals surface area contributed by atoms with Gasteiger partial charge in [-0.15, -0.1) is 15.3 Å². The summed E-state index contributed by atoms with van der Waals surface area (Å²) in [5.41, 5.74) is 0.522. The summed E-state index contributed by atoms with van der Waals surface area (Å²) < 4.78 is 17.2. The number of carbonyl (C=O) groups excluding carboxylic acids is 1. The fourth-order valence-corrected chi connectivity index (χ4v) is 3.47. The third-order valence-electron chi connectivity index (χ3n) is 4.09. The number of halogens is 1. The van der Waals surface area contributed by atoms with Crippen LogP contribution in [0.25, 0.3) is 11.5 Å². The molecule has 1 amide bonds. The first-order valence-electron chi connectivity index (χ1n) is 9.65. The summed E-state index contributed by atoms with van der Waals surface area (Å²) in [6.07, 6.45) is 1.37. The number of aromatic nitrogens is 9. The molecule has 0 spiro atoms. The van der Waals surface area contributed by atoms with E-state index in [-0.39, 0.29) is 11.4 Å². The highest BCUT2D eigenvalue weighted by Crippen LogP contribution is 2.22. The van der Waals surface area contributed by atoms with Gasteiger partial charge in [0, 0.05) is 13.1 Å². The lowest BCUT2D eigenvalue weighted by molar-refractivity contribution is -0.113. The quantitative estimate of drug-likeness (QED) is 0.310. The number of benzene rings is 1. The number of amides is 1. The Hall–Kier alpha value is -3.88. The molecule has 166 valence electrons. The Balaban J connectivity index is 1.49. The largest absolute Gasteiger partial charge is 0.355 e. The molecule has 0 saturated carbocycles. The van der Waals surface area contributed by atoms with Crippen molar-refractivity contribution >= 4 is 41.0 Å². The topological polar surface area (TPSA) is 153 Å². The molecule has 4 rings (SSSR count). The van der Waals surface area contributed by atoms with Crippen LogP contribution < -0.4 is 16.0 Å². The summed E-state index contributed by atoms with van der Waals surface area (Å²) in [6.45, 7) is 5.15. The Morgan fingerprint density at radius 3 is 2.75 bits per heavy atom. The maximum atomic E-state index is 14.2. The average Bonchev–Trinajstić information content (AvgIpc) is 3.45. The lowest BCUT2D eigenvalue weighted by Gasteiger charge is -2.10. The normalized spacial score (nSPS) is 11.0. The first-order chi connectivity index (χ1) is 15.6. The second-order valence-corrected chi connectivity index (χ2v) is 7.25. The van der Waals surface area contributed by atoms with Crippen molar-refractivity contribution in [2.75, 3.05) is 34.8 Å². The van der Waals surface area contributed by atoms with Crippen LogP contribution in [-0.2, 0) is 4.79 Å². The lowest BCUT2D eigenvalue weighted by Crippen LogP contribution is -2.16. The van der Waals surface area contributed by atoms with Crippen LogP contribution >= 0.6 is 11.8 Å². The molecule has 13 nitrogen and oxygen atoms in total. The van der Waals surface area contributed by atoms with Gasteiger partial charge in [0.1, 0.15) is 12.1 Å². The van der Waals surface area contributed by atoms with E-state index in [0.29, 0.717) is 41.6 Å². The Labute approximate surface area is 185 Å². The summed E-state index contributed by atoms with van der Waals surface area (Å²) in [5.74, 6) is 0.240. The molecular weight excluding hydrogens is 439 g/mol. The first kappa shape index (κ1) is 21.4. The molecular formula is C17H19FN12OS. The standard InChI is InChI=1S/C17H19FN12OS/c1-3-19-14-23-15(20-4-2)30-16(24-14)25-26-17(30)32-8-13(31)22-12-7-10(5-6-11(12)18)29-9-21-27-28-29/h5-7,9H,3-4,8H2,1-2H3,(H,22,31)(H2,19,20,23,24,25). The van der Waals surface area contributed by atoms with E-state index in [1.54, 1.807) is 4.40 Å². The molecule has 0 atom stereocenters. The summed E-state index contributed by atoms with van der Waals surface area (Å²) in [7, 11) is 0. The van der Waals surface area contributed by atoms with Crippen molar-refractivity contribution in [1.29, 1.82) is 0 Å². The first-order valence-corrected chi connectivity index (χ1v) is 10.6. The third-order valence-corrected chi connectivity index (χ3v) is 5.01. The van der Waals surface area contributed by atoms with E-state index in [9.17, 15) is 9.18 Å². The Morgan fingerprint density at radius 1 is 1.16 bits per heavy atom. The van der Waals surface area contributed by atoms with Crippen LogP contribution in [0.4, 0.5) is 22.0 Å². The van der Waals surface area contributed by atoms with Crippen LogP contribution in [0.3, 0.4) is 0 Å². The van der Waals surface area contributed by atoms with Gasteiger partial charge in [-0.3, -0.25) is 4.79 Å². The zero-order valence-corrected chi connectivity index (χ0v) is 18.0. The van der Waals surface area contributed by atoms with Crippen LogP contribution in [0.15, 0.2) is 29.7 Å². The van der Waals surface area contributed by atoms with E-state index in [1.165, 1.54) is 29.2 Å². The molecule has 0 aliphatic carbocycles. The van der Waals surface area contributed by atoms with Gasteiger partial charge in [0.05, 0.1) is 17.1 Å². The molecule has 0 saturated heterocycles. The predicted octanol–water partition coefficient (Wildman–Crippen LogP) is 1.23. The highest BCUT2D eigenvalue weighted by Gasteiger charge is 2.16. The maximum absolute atomic E-state index is 14.2. The molecule has 1 aromatic carbocycles. The van der Waals surface area contributed by atoms with E-state index in [4.69, 9.17) is 0 Å². The molecule has 4 aromatic rings. The maximum Gasteiger partial charge on any atom is 0.261 e. The number of nitrogens with zero attached hydrogens (tertiary/aromatic N) is 9. The Kier molecular flexibility index (Phi) is 6.34. The van der Waals surface area contributed by atoms with Gasteiger partial charge >= 0.3 is 0 Å². The van der Waals surface area contributed by atoms with Gasteiger partial charge in [-0.25, -0.2) is 13.5 Å². The van der Waals surface area contributed by atoms with Crippen molar-refractivity contribution in [2.45, 2.75) is 19.0 Å². The van der Waals surface area contributed by atoms with Crippen molar-refractivity contribution in [2.24, 2.45) is 0 Å². The van der Waals surface area contributed by atoms with E-state index < -0.39 is 11.7 Å². The number of anilines is 3. The number of rotatable bonds is 9. The average molecular weight is 458 g/mol. The highest BCUT2D eigenvalue weighted by molar-refractivity contribution is 7.99. The molecule has 0 bridgehead atoms. The number of hydrogen-bond acceptors (Lipinski definition) is 11. The van der Waals surface area contributed by atoms with E-state index in [2.05, 4.69) is 51.6 Å². The van der Waals surface area contributed by atoms with Crippen molar-refractivity contribution in [3.05, 3.63) is 30.3 Å². The highest BCUT2D eigenvalue weighted by atomic mass is 32.2. The molecule has 3 heterocycles. The van der Waals surface area contributed by atoms with Crippen LogP contribution in [0.5, 0.6) is 0 Å². The minimum absolute atomic E-state index is 0.0154. The van der Waals surface area contributed by atoms with E-state index in [0.717, 1.165) is 11.8 Å². The smallest absolute Gasteiger partial charge is 0.261 e. The van der Waals surface area contributed by atoms with Gasteiger partial charge in [-0.1, -0.05) is 11.8 Å². The molecule has 0 unspecified atom stereocenters. The van der Waals surface area contributed by atoms with Gasteiger partial charge in [-0.05, 0) is 42.5 Å². The number of thioether (sulfide) groups is 1. The van der Waals surface area contributed by atoms with Crippen molar-refractivity contribution in [3.63, 3.8) is 0 Å². The lowest BCUT2D eigenvalue weighted by atomic mass is 10.2. The summed E-state index contributed by atoms with van der Waals surface area (Å²) >= 11 is 1.13. The van der Waals surface area contributed by atoms with Crippen LogP contribution in [0, 0.1) is 5.82 Å². The zero-order chi connectivity index (χ0) is 22.5. The molecule has 3 aromatic heterocycles. The molecule has 0 radical (unpaired) electrons. The summed E-state index contributed by atoms with van der Waals surface area (Å²) in [4.78, 5) is 21.2. The number of hydrogen-bond donors (Lipinski definition) is 3. The number of fused-ring (bicyclic) bond motifs is 1. The molecule has 32 heavy (non-hydrogen) atoms. The van der Waals surface area contributed by atoms with E-state index in [1.807, 2.05) is 13.8 Å². The minimum Gasteiger partial charge on any atom is -0.355 e. The van der Waals surface area contributed by atoms with Crippen LogP contribution in [-0.4, -0.2) is 69.5 Å². The Morgan fingerprint density at radius 2 is 2.00 bits per heavy atom. The molecule has 0 aliphatic rings. The number of carbonyl (C=O) groups is 1. The predicted molar refractivity (Wildman–Crippen MR) is 115 cm³/mol. The van der Waals surface area contributed by atoms with Crippen molar-refractivity contribution in [3.8, 4) is 5.69 Å². The van der Waals surface area contributed by atoms with Crippen molar-refractivity contribution in [1.82, 2.24) is 44.8 Å². The second kappa shape index (κ2) is 9.51. The van der Waals surface area contributed by atoms with Gasteiger partial charge in [0.15, 0.2) is 5.16 Å². The van der Waals surface area contributed by atoms with Crippen LogP contribution in [0.2, 0.25) is 0 Å². The molecule has 3 N–H and O–H groups in total. The molecule has 15 heteroatoms. The third kappa shape index (κ3) is 4.56. The van der Waals surface area contributed by atoms with Gasteiger partial charge in [0.25, 0.3) is 5.78 Å². The van der Waals surface area contributed by atoms with Gasteiger partial charge in [-0.2, -0.15) is 9.97 Å². The summed E-state index contributed by atoms with van der Waals surface area (Å²) in [6, 6.07) is 4.18. The summed E-state index contributed by atoms with van der Waals surface area (Å²) in [5, 5.41) is 28.2. The minimum atomic E-state index is -0.577. The van der Waals surface area contributed by atoms with E-state index >= 15 is 0 Å². The number of nitrogens with one attached hydrogen (secondary N) is 3.